The van der Waals surface area contributed by atoms with Crippen LogP contribution in [-0.2, 0) is 16.4 Å². The first kappa shape index (κ1) is 15.0. The minimum Gasteiger partial charge on any atom is -0.360 e. The highest BCUT2D eigenvalue weighted by atomic mass is 32.2. The SMILES string of the molecule is CCc1cc(C2CC2)nc(NS(=O)(=O)c2c(C)noc2C)n1. The Hall–Kier alpha value is -1.96. The standard InChI is InChI=1S/C14H18N4O3S/c1-4-11-7-12(10-5-6-10)16-14(15-11)18-22(19,20)13-8(2)17-21-9(13)3/h7,10H,4-6H2,1-3H3,(H,15,16,18). The van der Waals surface area contributed by atoms with E-state index in [2.05, 4.69) is 19.8 Å². The van der Waals surface area contributed by atoms with Crippen LogP contribution in [-0.4, -0.2) is 23.5 Å². The highest BCUT2D eigenvalue weighted by Crippen LogP contribution is 2.39. The van der Waals surface area contributed by atoms with E-state index in [1.54, 1.807) is 13.8 Å². The largest absolute Gasteiger partial charge is 0.360 e. The van der Waals surface area contributed by atoms with Crippen LogP contribution in [0, 0.1) is 13.8 Å². The molecule has 1 fully saturated rings. The first-order chi connectivity index (χ1) is 10.4. The van der Waals surface area contributed by atoms with Crippen LogP contribution >= 0.6 is 0 Å². The van der Waals surface area contributed by atoms with E-state index in [9.17, 15) is 8.42 Å². The van der Waals surface area contributed by atoms with Gasteiger partial charge in [-0.3, -0.25) is 0 Å². The van der Waals surface area contributed by atoms with Gasteiger partial charge in [0.1, 0.15) is 5.69 Å². The summed E-state index contributed by atoms with van der Waals surface area (Å²) in [4.78, 5) is 8.66. The summed E-state index contributed by atoms with van der Waals surface area (Å²) in [6.07, 6.45) is 2.91. The van der Waals surface area contributed by atoms with Crippen molar-refractivity contribution in [2.45, 2.75) is 50.8 Å². The van der Waals surface area contributed by atoms with Crippen molar-refractivity contribution in [3.63, 3.8) is 0 Å². The van der Waals surface area contributed by atoms with Crippen molar-refractivity contribution >= 4 is 16.0 Å². The maximum absolute atomic E-state index is 12.5. The molecule has 1 N–H and O–H groups in total. The Labute approximate surface area is 129 Å². The van der Waals surface area contributed by atoms with E-state index in [0.717, 1.165) is 30.7 Å². The number of nitrogens with one attached hydrogen (secondary N) is 1. The maximum Gasteiger partial charge on any atom is 0.269 e. The number of hydrogen-bond donors (Lipinski definition) is 1. The third kappa shape index (κ3) is 2.83. The van der Waals surface area contributed by atoms with Crippen LogP contribution in [0.25, 0.3) is 0 Å². The minimum absolute atomic E-state index is 0.0472. The Morgan fingerprint density at radius 1 is 1.32 bits per heavy atom. The van der Waals surface area contributed by atoms with E-state index in [4.69, 9.17) is 4.52 Å². The van der Waals surface area contributed by atoms with E-state index in [0.29, 0.717) is 11.6 Å². The molecule has 0 spiro atoms. The fraction of sp³-hybridized carbons (Fsp3) is 0.500. The zero-order chi connectivity index (χ0) is 15.9. The van der Waals surface area contributed by atoms with E-state index in [-0.39, 0.29) is 16.6 Å². The molecule has 0 atom stereocenters. The molecule has 3 rings (SSSR count). The van der Waals surface area contributed by atoms with Gasteiger partial charge in [0.2, 0.25) is 5.95 Å². The van der Waals surface area contributed by atoms with Gasteiger partial charge in [0.05, 0.1) is 0 Å². The van der Waals surface area contributed by atoms with Gasteiger partial charge in [-0.05, 0) is 39.2 Å². The van der Waals surface area contributed by atoms with Crippen LogP contribution in [0.4, 0.5) is 5.95 Å². The highest BCUT2D eigenvalue weighted by molar-refractivity contribution is 7.92. The molecule has 0 radical (unpaired) electrons. The topological polar surface area (TPSA) is 98.0 Å². The van der Waals surface area contributed by atoms with Gasteiger partial charge in [-0.1, -0.05) is 12.1 Å². The Bertz CT molecular complexity index is 790. The molecular formula is C14H18N4O3S. The van der Waals surface area contributed by atoms with Crippen molar-refractivity contribution in [3.8, 4) is 0 Å². The summed E-state index contributed by atoms with van der Waals surface area (Å²) in [5.41, 5.74) is 2.05. The second kappa shape index (κ2) is 5.35. The summed E-state index contributed by atoms with van der Waals surface area (Å²) in [6.45, 7) is 5.13. The quantitative estimate of drug-likeness (QED) is 0.907. The molecular weight excluding hydrogens is 304 g/mol. The Morgan fingerprint density at radius 2 is 2.05 bits per heavy atom. The Morgan fingerprint density at radius 3 is 2.59 bits per heavy atom. The fourth-order valence-corrected chi connectivity index (χ4v) is 3.64. The second-order valence-electron chi connectivity index (χ2n) is 5.49. The summed E-state index contributed by atoms with van der Waals surface area (Å²) in [5, 5.41) is 3.68. The molecule has 8 heteroatoms. The van der Waals surface area contributed by atoms with Crippen LogP contribution in [0.2, 0.25) is 0 Å². The van der Waals surface area contributed by atoms with Crippen molar-refractivity contribution < 1.29 is 12.9 Å². The van der Waals surface area contributed by atoms with E-state index in [1.165, 1.54) is 0 Å². The molecule has 7 nitrogen and oxygen atoms in total. The predicted octanol–water partition coefficient (Wildman–Crippen LogP) is 2.32. The van der Waals surface area contributed by atoms with Crippen molar-refractivity contribution in [1.82, 2.24) is 15.1 Å². The molecule has 1 aliphatic carbocycles. The molecule has 1 saturated carbocycles. The molecule has 22 heavy (non-hydrogen) atoms. The average Bonchev–Trinajstić information content (AvgIpc) is 3.23. The Kier molecular flexibility index (Phi) is 3.64. The molecule has 0 saturated heterocycles. The lowest BCUT2D eigenvalue weighted by molar-refractivity contribution is 0.390. The smallest absolute Gasteiger partial charge is 0.269 e. The number of rotatable bonds is 5. The van der Waals surface area contributed by atoms with E-state index >= 15 is 0 Å². The molecule has 0 bridgehead atoms. The van der Waals surface area contributed by atoms with Gasteiger partial charge in [0.25, 0.3) is 10.0 Å². The lowest BCUT2D eigenvalue weighted by Crippen LogP contribution is -2.17. The third-order valence-electron chi connectivity index (χ3n) is 3.62. The molecule has 0 aliphatic heterocycles. The van der Waals surface area contributed by atoms with Gasteiger partial charge in [-0.15, -0.1) is 0 Å². The number of sulfonamides is 1. The van der Waals surface area contributed by atoms with Crippen molar-refractivity contribution in [1.29, 1.82) is 0 Å². The monoisotopic (exact) mass is 322 g/mol. The normalized spacial score (nSPS) is 15.0. The average molecular weight is 322 g/mol. The minimum atomic E-state index is -3.81. The number of aryl methyl sites for hydroxylation is 3. The molecule has 118 valence electrons. The molecule has 0 unspecified atom stereocenters. The lowest BCUT2D eigenvalue weighted by atomic mass is 10.2. The van der Waals surface area contributed by atoms with Gasteiger partial charge >= 0.3 is 0 Å². The van der Waals surface area contributed by atoms with E-state index < -0.39 is 10.0 Å². The fourth-order valence-electron chi connectivity index (χ4n) is 2.36. The van der Waals surface area contributed by atoms with Gasteiger partial charge in [0, 0.05) is 17.3 Å². The van der Waals surface area contributed by atoms with Crippen LogP contribution in [0.15, 0.2) is 15.5 Å². The van der Waals surface area contributed by atoms with Crippen LogP contribution in [0.5, 0.6) is 0 Å². The van der Waals surface area contributed by atoms with Crippen LogP contribution in [0.1, 0.15) is 48.5 Å². The first-order valence-electron chi connectivity index (χ1n) is 7.24. The van der Waals surface area contributed by atoms with Crippen LogP contribution in [0.3, 0.4) is 0 Å². The maximum atomic E-state index is 12.5. The molecule has 2 heterocycles. The molecule has 2 aromatic heterocycles. The van der Waals surface area contributed by atoms with E-state index in [1.807, 2.05) is 13.0 Å². The molecule has 0 amide bonds. The summed E-state index contributed by atoms with van der Waals surface area (Å²) in [6, 6.07) is 1.95. The summed E-state index contributed by atoms with van der Waals surface area (Å²) < 4.78 is 32.4. The zero-order valence-electron chi connectivity index (χ0n) is 12.8. The first-order valence-corrected chi connectivity index (χ1v) is 8.72. The second-order valence-corrected chi connectivity index (χ2v) is 7.11. The van der Waals surface area contributed by atoms with Crippen molar-refractivity contribution in [3.05, 3.63) is 28.9 Å². The highest BCUT2D eigenvalue weighted by Gasteiger charge is 2.28. The number of aromatic nitrogens is 3. The van der Waals surface area contributed by atoms with Gasteiger partial charge in [-0.2, -0.15) is 0 Å². The summed E-state index contributed by atoms with van der Waals surface area (Å²) >= 11 is 0. The van der Waals surface area contributed by atoms with Gasteiger partial charge in [0.15, 0.2) is 10.7 Å². The number of hydrogen-bond acceptors (Lipinski definition) is 6. The van der Waals surface area contributed by atoms with Crippen LogP contribution < -0.4 is 4.72 Å². The van der Waals surface area contributed by atoms with Gasteiger partial charge < -0.3 is 4.52 Å². The third-order valence-corrected chi connectivity index (χ3v) is 5.19. The summed E-state index contributed by atoms with van der Waals surface area (Å²) in [5.74, 6) is 0.788. The molecule has 0 aromatic carbocycles. The van der Waals surface area contributed by atoms with Gasteiger partial charge in [-0.25, -0.2) is 23.1 Å². The molecule has 1 aliphatic rings. The predicted molar refractivity (Wildman–Crippen MR) is 80.2 cm³/mol. The number of nitrogens with zero attached hydrogens (tertiary/aromatic N) is 3. The summed E-state index contributed by atoms with van der Waals surface area (Å²) in [7, 11) is -3.81. The molecule has 2 aromatic rings. The van der Waals surface area contributed by atoms with Crippen molar-refractivity contribution in [2.24, 2.45) is 0 Å². The zero-order valence-corrected chi connectivity index (χ0v) is 13.6. The number of anilines is 1. The Balaban J connectivity index is 1.97. The van der Waals surface area contributed by atoms with Crippen molar-refractivity contribution in [2.75, 3.05) is 4.72 Å². The lowest BCUT2D eigenvalue weighted by Gasteiger charge is -2.09.